The van der Waals surface area contributed by atoms with E-state index in [9.17, 15) is 13.2 Å². The molecular weight excluding hydrogens is 164 g/mol. The van der Waals surface area contributed by atoms with Crippen LogP contribution in [0.5, 0.6) is 0 Å². The average Bonchev–Trinajstić information content (AvgIpc) is 1.60. The first-order chi connectivity index (χ1) is 4.33. The summed E-state index contributed by atoms with van der Waals surface area (Å²) in [5.41, 5.74) is 0. The van der Waals surface area contributed by atoms with Gasteiger partial charge in [0, 0.05) is 0 Å². The number of hydrogen-bond donors (Lipinski definition) is 2. The summed E-state index contributed by atoms with van der Waals surface area (Å²) in [5, 5.41) is 8.04. The van der Waals surface area contributed by atoms with Crippen LogP contribution in [0.15, 0.2) is 0 Å². The fourth-order valence-electron chi connectivity index (χ4n) is 0.224. The maximum absolute atomic E-state index is 9.88. The van der Waals surface area contributed by atoms with Crippen molar-refractivity contribution >= 4 is 16.4 Å². The van der Waals surface area contributed by atoms with Crippen molar-refractivity contribution in [1.29, 1.82) is 0 Å². The van der Waals surface area contributed by atoms with Gasteiger partial charge in [0.25, 0.3) is 0 Å². The van der Waals surface area contributed by atoms with Crippen LogP contribution in [0.3, 0.4) is 0 Å². The van der Waals surface area contributed by atoms with Gasteiger partial charge in [0.1, 0.15) is 0 Å². The van der Waals surface area contributed by atoms with Crippen LogP contribution in [0.25, 0.3) is 0 Å². The van der Waals surface area contributed by atoms with Gasteiger partial charge in [-0.05, 0) is 6.92 Å². The smallest absolute Gasteiger partial charge is 0.398 e. The molecule has 0 amide bonds. The predicted molar refractivity (Wildman–Crippen MR) is 29.7 cm³/mol. The zero-order chi connectivity index (χ0) is 8.36. The van der Waals surface area contributed by atoms with E-state index in [-0.39, 0.29) is 0 Å². The van der Waals surface area contributed by atoms with Crippen LogP contribution >= 0.6 is 0 Å². The summed E-state index contributed by atoms with van der Waals surface area (Å²) in [7, 11) is -4.65. The van der Waals surface area contributed by atoms with Crippen molar-refractivity contribution in [2.24, 2.45) is 0 Å². The molecule has 0 bridgehead atoms. The Hall–Kier alpha value is -0.660. The van der Waals surface area contributed by atoms with Crippen molar-refractivity contribution < 1.29 is 27.1 Å². The fraction of sp³-hybridized carbons (Fsp3) is 0.667. The molecule has 0 heterocycles. The number of carboxylic acids is 1. The highest BCUT2D eigenvalue weighted by Gasteiger charge is 2.18. The van der Waals surface area contributed by atoms with E-state index >= 15 is 0 Å². The standard InChI is InChI=1S/C3H6O6S/c1-2(3(4)5)9-10(6,7)8/h2H,1H3,(H,4,5)(H,6,7,8)/t2-/m0/s1. The third-order valence-electron chi connectivity index (χ3n) is 0.614. The first-order valence-electron chi connectivity index (χ1n) is 2.21. The Bertz CT molecular complexity index is 215. The second-order valence-electron chi connectivity index (χ2n) is 1.50. The van der Waals surface area contributed by atoms with Crippen molar-refractivity contribution in [3.05, 3.63) is 0 Å². The Morgan fingerprint density at radius 3 is 2.10 bits per heavy atom. The minimum Gasteiger partial charge on any atom is -0.479 e. The van der Waals surface area contributed by atoms with Crippen molar-refractivity contribution in [3.63, 3.8) is 0 Å². The summed E-state index contributed by atoms with van der Waals surface area (Å²) in [4.78, 5) is 9.88. The van der Waals surface area contributed by atoms with E-state index in [2.05, 4.69) is 4.18 Å². The van der Waals surface area contributed by atoms with E-state index in [0.717, 1.165) is 6.92 Å². The highest BCUT2D eigenvalue weighted by molar-refractivity contribution is 7.80. The van der Waals surface area contributed by atoms with Gasteiger partial charge in [0.2, 0.25) is 0 Å². The second kappa shape index (κ2) is 2.95. The molecule has 0 fully saturated rings. The van der Waals surface area contributed by atoms with Gasteiger partial charge < -0.3 is 5.11 Å². The van der Waals surface area contributed by atoms with Crippen LogP contribution in [0.2, 0.25) is 0 Å². The number of rotatable bonds is 3. The molecule has 0 aliphatic carbocycles. The molecule has 2 N–H and O–H groups in total. The maximum Gasteiger partial charge on any atom is 0.398 e. The summed E-state index contributed by atoms with van der Waals surface area (Å²) in [6.45, 7) is 0.982. The van der Waals surface area contributed by atoms with Gasteiger partial charge >= 0.3 is 16.4 Å². The molecule has 0 aromatic heterocycles. The molecule has 60 valence electrons. The van der Waals surface area contributed by atoms with Crippen molar-refractivity contribution in [3.8, 4) is 0 Å². The first kappa shape index (κ1) is 9.34. The predicted octanol–water partition coefficient (Wildman–Crippen LogP) is -0.721. The van der Waals surface area contributed by atoms with Gasteiger partial charge in [-0.3, -0.25) is 4.55 Å². The molecule has 0 rings (SSSR count). The molecule has 0 aromatic rings. The molecule has 1 atom stereocenters. The Balaban J connectivity index is 4.06. The third kappa shape index (κ3) is 4.24. The number of carbonyl (C=O) groups is 1. The maximum atomic E-state index is 9.88. The topological polar surface area (TPSA) is 101 Å². The van der Waals surface area contributed by atoms with E-state index in [0.29, 0.717) is 0 Å². The zero-order valence-electron chi connectivity index (χ0n) is 5.01. The van der Waals surface area contributed by atoms with Crippen molar-refractivity contribution in [1.82, 2.24) is 0 Å². The van der Waals surface area contributed by atoms with Gasteiger partial charge in [-0.2, -0.15) is 8.42 Å². The molecule has 0 saturated carbocycles. The molecule has 10 heavy (non-hydrogen) atoms. The lowest BCUT2D eigenvalue weighted by Gasteiger charge is -2.02. The van der Waals surface area contributed by atoms with Crippen LogP contribution < -0.4 is 0 Å². The number of aliphatic carboxylic acids is 1. The largest absolute Gasteiger partial charge is 0.479 e. The molecule has 6 nitrogen and oxygen atoms in total. The average molecular weight is 170 g/mol. The summed E-state index contributed by atoms with van der Waals surface area (Å²) in [5.74, 6) is -1.46. The summed E-state index contributed by atoms with van der Waals surface area (Å²) in [6, 6.07) is 0. The van der Waals surface area contributed by atoms with Crippen LogP contribution in [0.1, 0.15) is 6.92 Å². The molecule has 0 aliphatic rings. The molecule has 0 aliphatic heterocycles. The molecule has 0 unspecified atom stereocenters. The highest BCUT2D eigenvalue weighted by atomic mass is 32.3. The normalized spacial score (nSPS) is 14.6. The molecule has 0 saturated heterocycles. The Labute approximate surface area is 57.4 Å². The van der Waals surface area contributed by atoms with Crippen molar-refractivity contribution in [2.75, 3.05) is 0 Å². The van der Waals surface area contributed by atoms with E-state index in [4.69, 9.17) is 9.66 Å². The SMILES string of the molecule is C[C@H](OS(=O)(=O)O)C(=O)O. The lowest BCUT2D eigenvalue weighted by Crippen LogP contribution is -2.23. The second-order valence-corrected chi connectivity index (χ2v) is 2.55. The van der Waals surface area contributed by atoms with Crippen LogP contribution in [0.4, 0.5) is 0 Å². The van der Waals surface area contributed by atoms with Gasteiger partial charge in [0.15, 0.2) is 6.10 Å². The van der Waals surface area contributed by atoms with E-state index < -0.39 is 22.5 Å². The van der Waals surface area contributed by atoms with E-state index in [1.54, 1.807) is 0 Å². The minimum absolute atomic E-state index is 0.982. The molecule has 0 radical (unpaired) electrons. The number of hydrogen-bond acceptors (Lipinski definition) is 4. The van der Waals surface area contributed by atoms with E-state index in [1.807, 2.05) is 0 Å². The van der Waals surface area contributed by atoms with E-state index in [1.165, 1.54) is 0 Å². The quantitative estimate of drug-likeness (QED) is 0.542. The molecular formula is C3H6O6S. The summed E-state index contributed by atoms with van der Waals surface area (Å²) < 4.78 is 31.2. The van der Waals surface area contributed by atoms with Crippen LogP contribution in [0, 0.1) is 0 Å². The number of carboxylic acid groups (broad SMARTS) is 1. The Morgan fingerprint density at radius 1 is 1.60 bits per heavy atom. The van der Waals surface area contributed by atoms with Gasteiger partial charge in [-0.1, -0.05) is 0 Å². The Morgan fingerprint density at radius 2 is 2.00 bits per heavy atom. The van der Waals surface area contributed by atoms with Gasteiger partial charge in [-0.15, -0.1) is 0 Å². The third-order valence-corrected chi connectivity index (χ3v) is 1.15. The molecule has 0 spiro atoms. The summed E-state index contributed by atoms with van der Waals surface area (Å²) in [6.07, 6.45) is -1.56. The van der Waals surface area contributed by atoms with Crippen LogP contribution in [-0.4, -0.2) is 30.2 Å². The minimum atomic E-state index is -4.65. The Kier molecular flexibility index (Phi) is 2.76. The van der Waals surface area contributed by atoms with Crippen LogP contribution in [-0.2, 0) is 19.4 Å². The lowest BCUT2D eigenvalue weighted by atomic mass is 10.4. The first-order valence-corrected chi connectivity index (χ1v) is 3.58. The molecule has 7 heteroatoms. The van der Waals surface area contributed by atoms with Gasteiger partial charge in [0.05, 0.1) is 0 Å². The monoisotopic (exact) mass is 170 g/mol. The summed E-state index contributed by atoms with van der Waals surface area (Å²) >= 11 is 0. The fourth-order valence-corrected chi connectivity index (χ4v) is 0.671. The van der Waals surface area contributed by atoms with Crippen molar-refractivity contribution in [2.45, 2.75) is 13.0 Å². The lowest BCUT2D eigenvalue weighted by molar-refractivity contribution is -0.144. The zero-order valence-corrected chi connectivity index (χ0v) is 5.83. The highest BCUT2D eigenvalue weighted by Crippen LogP contribution is 1.95. The molecule has 0 aromatic carbocycles. The van der Waals surface area contributed by atoms with Gasteiger partial charge in [-0.25, -0.2) is 8.98 Å².